The Balaban J connectivity index is 1.46. The Hall–Kier alpha value is -4.14. The zero-order chi connectivity index (χ0) is 19.5. The fourth-order valence-electron chi connectivity index (χ4n) is 2.45. The molecule has 28 heavy (non-hydrogen) atoms. The molecule has 2 aromatic heterocycles. The number of aryl methyl sites for hydroxylation is 1. The zero-order valence-corrected chi connectivity index (χ0v) is 15.0. The molecule has 0 radical (unpaired) electrons. The molecule has 0 amide bonds. The Kier molecular flexibility index (Phi) is 4.47. The predicted molar refractivity (Wildman–Crippen MR) is 105 cm³/mol. The van der Waals surface area contributed by atoms with Gasteiger partial charge in [0.15, 0.2) is 0 Å². The highest BCUT2D eigenvalue weighted by molar-refractivity contribution is 5.57. The maximum Gasteiger partial charge on any atom is 0.320 e. The summed E-state index contributed by atoms with van der Waals surface area (Å²) < 4.78 is 11.3. The lowest BCUT2D eigenvalue weighted by Gasteiger charge is -2.06. The van der Waals surface area contributed by atoms with Crippen LogP contribution < -0.4 is 21.5 Å². The van der Waals surface area contributed by atoms with E-state index in [4.69, 9.17) is 20.6 Å². The maximum absolute atomic E-state index is 5.67. The van der Waals surface area contributed by atoms with Crippen LogP contribution in [0.2, 0.25) is 0 Å². The Morgan fingerprint density at radius 2 is 1.68 bits per heavy atom. The molecule has 9 nitrogen and oxygen atoms in total. The van der Waals surface area contributed by atoms with Crippen LogP contribution in [-0.2, 0) is 0 Å². The van der Waals surface area contributed by atoms with Gasteiger partial charge in [-0.25, -0.2) is 0 Å². The van der Waals surface area contributed by atoms with Gasteiger partial charge in [-0.2, -0.15) is 9.97 Å². The number of nitrogens with zero attached hydrogens (tertiary/aromatic N) is 4. The minimum atomic E-state index is 0.0473. The van der Waals surface area contributed by atoms with Crippen LogP contribution in [0.25, 0.3) is 11.5 Å². The van der Waals surface area contributed by atoms with E-state index >= 15 is 0 Å². The van der Waals surface area contributed by atoms with Crippen LogP contribution >= 0.6 is 0 Å². The van der Waals surface area contributed by atoms with Crippen molar-refractivity contribution in [2.75, 3.05) is 16.8 Å². The normalized spacial score (nSPS) is 10.6. The average molecular weight is 375 g/mol. The van der Waals surface area contributed by atoms with Crippen molar-refractivity contribution >= 4 is 23.5 Å². The molecule has 0 unspecified atom stereocenters. The number of ether oxygens (including phenoxy) is 1. The van der Waals surface area contributed by atoms with Crippen LogP contribution in [0.3, 0.4) is 0 Å². The topological polar surface area (TPSA) is 138 Å². The van der Waals surface area contributed by atoms with Crippen LogP contribution in [0.1, 0.15) is 5.56 Å². The lowest BCUT2D eigenvalue weighted by molar-refractivity contribution is 0.463. The molecule has 9 heteroatoms. The largest absolute Gasteiger partial charge is 0.439 e. The van der Waals surface area contributed by atoms with Crippen LogP contribution in [0.5, 0.6) is 11.6 Å². The molecule has 0 aliphatic rings. The number of nitrogens with two attached hydrogens (primary N) is 2. The minimum Gasteiger partial charge on any atom is -0.439 e. The summed E-state index contributed by atoms with van der Waals surface area (Å²) in [6.45, 7) is 2.02. The summed E-state index contributed by atoms with van der Waals surface area (Å²) in [4.78, 5) is 7.77. The number of aromatic nitrogens is 4. The fourth-order valence-corrected chi connectivity index (χ4v) is 2.45. The molecule has 0 bridgehead atoms. The average Bonchev–Trinajstić information content (AvgIpc) is 3.12. The standard InChI is InChI=1S/C19H17N7O2/c1-11-2-6-13(7-3-11)22-19-26-25-17(28-19)12-4-8-14(9-5-12)27-16-10-15(20)23-18(21)24-16/h2-10H,1H3,(H,22,26)(H4,20,21,23,24). The Labute approximate surface area is 160 Å². The van der Waals surface area contributed by atoms with Crippen molar-refractivity contribution < 1.29 is 9.15 Å². The monoisotopic (exact) mass is 375 g/mol. The number of nitrogen functional groups attached to an aromatic ring is 2. The molecule has 0 atom stereocenters. The van der Waals surface area contributed by atoms with E-state index in [2.05, 4.69) is 25.5 Å². The van der Waals surface area contributed by atoms with Gasteiger partial charge in [-0.15, -0.1) is 5.10 Å². The van der Waals surface area contributed by atoms with Crippen molar-refractivity contribution in [2.24, 2.45) is 0 Å². The highest BCUT2D eigenvalue weighted by atomic mass is 16.5. The lowest BCUT2D eigenvalue weighted by atomic mass is 10.2. The van der Waals surface area contributed by atoms with Crippen LogP contribution in [-0.4, -0.2) is 20.2 Å². The van der Waals surface area contributed by atoms with Crippen molar-refractivity contribution in [3.8, 4) is 23.1 Å². The quantitative estimate of drug-likeness (QED) is 0.478. The van der Waals surface area contributed by atoms with E-state index in [0.29, 0.717) is 17.7 Å². The second kappa shape index (κ2) is 7.23. The van der Waals surface area contributed by atoms with Gasteiger partial charge in [0.2, 0.25) is 17.7 Å². The van der Waals surface area contributed by atoms with Crippen LogP contribution in [0.15, 0.2) is 59.0 Å². The summed E-state index contributed by atoms with van der Waals surface area (Å²) in [5, 5.41) is 11.2. The molecule has 140 valence electrons. The molecule has 0 fully saturated rings. The van der Waals surface area contributed by atoms with Crippen molar-refractivity contribution in [1.82, 2.24) is 20.2 Å². The molecule has 0 aliphatic heterocycles. The Bertz CT molecular complexity index is 1070. The molecule has 0 aliphatic carbocycles. The highest BCUT2D eigenvalue weighted by Gasteiger charge is 2.10. The van der Waals surface area contributed by atoms with Gasteiger partial charge in [-0.05, 0) is 43.3 Å². The third kappa shape index (κ3) is 3.98. The first-order valence-electron chi connectivity index (χ1n) is 8.41. The third-order valence-electron chi connectivity index (χ3n) is 3.79. The first-order chi connectivity index (χ1) is 13.5. The second-order valence-electron chi connectivity index (χ2n) is 6.02. The summed E-state index contributed by atoms with van der Waals surface area (Å²) in [6, 6.07) is 16.8. The molecule has 0 spiro atoms. The molecule has 0 saturated heterocycles. The van der Waals surface area contributed by atoms with E-state index in [9.17, 15) is 0 Å². The van der Waals surface area contributed by atoms with Gasteiger partial charge in [0.25, 0.3) is 0 Å². The molecular weight excluding hydrogens is 358 g/mol. The number of nitrogens with one attached hydrogen (secondary N) is 1. The van der Waals surface area contributed by atoms with Crippen molar-refractivity contribution in [3.05, 3.63) is 60.2 Å². The number of rotatable bonds is 5. The van der Waals surface area contributed by atoms with Gasteiger partial charge < -0.3 is 25.9 Å². The van der Waals surface area contributed by atoms with Gasteiger partial charge in [0, 0.05) is 17.3 Å². The van der Waals surface area contributed by atoms with Crippen molar-refractivity contribution in [2.45, 2.75) is 6.92 Å². The smallest absolute Gasteiger partial charge is 0.320 e. The van der Waals surface area contributed by atoms with E-state index in [1.54, 1.807) is 24.3 Å². The van der Waals surface area contributed by atoms with Gasteiger partial charge in [0.1, 0.15) is 11.6 Å². The first-order valence-corrected chi connectivity index (χ1v) is 8.41. The number of hydrogen-bond donors (Lipinski definition) is 3. The van der Waals surface area contributed by atoms with Gasteiger partial charge >= 0.3 is 6.01 Å². The van der Waals surface area contributed by atoms with Gasteiger partial charge in [-0.3, -0.25) is 0 Å². The molecule has 5 N–H and O–H groups in total. The first kappa shape index (κ1) is 17.3. The summed E-state index contributed by atoms with van der Waals surface area (Å²) in [6.07, 6.45) is 0. The van der Waals surface area contributed by atoms with E-state index < -0.39 is 0 Å². The molecule has 2 aromatic carbocycles. The summed E-state index contributed by atoms with van der Waals surface area (Å²) in [5.41, 5.74) is 14.0. The van der Waals surface area contributed by atoms with E-state index in [1.165, 1.54) is 11.6 Å². The number of hydrogen-bond acceptors (Lipinski definition) is 9. The Morgan fingerprint density at radius 1 is 0.929 bits per heavy atom. The van der Waals surface area contributed by atoms with Crippen LogP contribution in [0, 0.1) is 6.92 Å². The minimum absolute atomic E-state index is 0.0473. The molecular formula is C19H17N7O2. The third-order valence-corrected chi connectivity index (χ3v) is 3.79. The van der Waals surface area contributed by atoms with Gasteiger partial charge in [0.05, 0.1) is 0 Å². The molecule has 4 aromatic rings. The predicted octanol–water partition coefficient (Wildman–Crippen LogP) is 3.54. The molecule has 4 rings (SSSR count). The SMILES string of the molecule is Cc1ccc(Nc2nnc(-c3ccc(Oc4cc(N)nc(N)n4)cc3)o2)cc1. The number of benzene rings is 2. The summed E-state index contributed by atoms with van der Waals surface area (Å²) >= 11 is 0. The molecule has 2 heterocycles. The van der Waals surface area contributed by atoms with Crippen LogP contribution in [0.4, 0.5) is 23.5 Å². The van der Waals surface area contributed by atoms with Gasteiger partial charge in [-0.1, -0.05) is 22.8 Å². The van der Waals surface area contributed by atoms with Crippen molar-refractivity contribution in [1.29, 1.82) is 0 Å². The number of anilines is 4. The lowest BCUT2D eigenvalue weighted by Crippen LogP contribution is -2.00. The van der Waals surface area contributed by atoms with E-state index in [1.807, 2.05) is 31.2 Å². The molecule has 0 saturated carbocycles. The van der Waals surface area contributed by atoms with E-state index in [0.717, 1.165) is 11.3 Å². The fraction of sp³-hybridized carbons (Fsp3) is 0.0526. The maximum atomic E-state index is 5.67. The highest BCUT2D eigenvalue weighted by Crippen LogP contribution is 2.26. The summed E-state index contributed by atoms with van der Waals surface area (Å²) in [5.74, 6) is 1.49. The second-order valence-corrected chi connectivity index (χ2v) is 6.02. The summed E-state index contributed by atoms with van der Waals surface area (Å²) in [7, 11) is 0. The Morgan fingerprint density at radius 3 is 2.39 bits per heavy atom. The van der Waals surface area contributed by atoms with Crippen molar-refractivity contribution in [3.63, 3.8) is 0 Å². The zero-order valence-electron chi connectivity index (χ0n) is 15.0. The van der Waals surface area contributed by atoms with E-state index in [-0.39, 0.29) is 17.6 Å².